The Bertz CT molecular complexity index is 1090. The molecule has 1 atom stereocenters. The summed E-state index contributed by atoms with van der Waals surface area (Å²) in [6.45, 7) is 4.71. The van der Waals surface area contributed by atoms with E-state index in [0.29, 0.717) is 31.4 Å². The number of aliphatic imine (C=N–C) groups is 1. The van der Waals surface area contributed by atoms with Gasteiger partial charge in [0, 0.05) is 11.3 Å². The molecule has 1 amide bonds. The van der Waals surface area contributed by atoms with Crippen LogP contribution >= 0.6 is 0 Å². The highest BCUT2D eigenvalue weighted by atomic mass is 16.4. The van der Waals surface area contributed by atoms with Crippen molar-refractivity contribution in [2.75, 3.05) is 11.9 Å². The first-order valence-corrected chi connectivity index (χ1v) is 11.9. The lowest BCUT2D eigenvalue weighted by Crippen LogP contribution is -2.37. The number of carboxylic acid groups (broad SMARTS) is 1. The maximum Gasteiger partial charge on any atom is 0.306 e. The van der Waals surface area contributed by atoms with E-state index < -0.39 is 29.4 Å². The van der Waals surface area contributed by atoms with E-state index in [1.165, 1.54) is 0 Å². The zero-order valence-corrected chi connectivity index (χ0v) is 19.7. The van der Waals surface area contributed by atoms with E-state index in [-0.39, 0.29) is 17.8 Å². The zero-order chi connectivity index (χ0) is 24.5. The lowest BCUT2D eigenvalue weighted by molar-refractivity contribution is -0.145. The number of hydrogen-bond acceptors (Lipinski definition) is 6. The summed E-state index contributed by atoms with van der Waals surface area (Å²) in [5.41, 5.74) is 2.49. The van der Waals surface area contributed by atoms with Crippen LogP contribution in [0.25, 0.3) is 5.57 Å². The normalized spacial score (nSPS) is 28.2. The third-order valence-corrected chi connectivity index (χ3v) is 7.40. The van der Waals surface area contributed by atoms with E-state index in [1.54, 1.807) is 0 Å². The molecule has 2 aliphatic carbocycles. The monoisotopic (exact) mass is 464 g/mol. The Morgan fingerprint density at radius 1 is 1.24 bits per heavy atom. The van der Waals surface area contributed by atoms with E-state index in [9.17, 15) is 19.8 Å². The minimum Gasteiger partial charge on any atom is -0.481 e. The number of nitrogens with one attached hydrogen (secondary N) is 2. The minimum absolute atomic E-state index is 0.144. The number of carboxylic acids is 1. The number of aliphatic carboxylic acids is 1. The highest BCUT2D eigenvalue weighted by Crippen LogP contribution is 2.44. The molecule has 1 aromatic rings. The Morgan fingerprint density at radius 3 is 2.56 bits per heavy atom. The number of aliphatic hydroxyl groups is 1. The fraction of sp³-hybridized carbons (Fsp3) is 0.538. The van der Waals surface area contributed by atoms with Crippen LogP contribution in [0, 0.1) is 22.7 Å². The second-order valence-corrected chi connectivity index (χ2v) is 10.5. The summed E-state index contributed by atoms with van der Waals surface area (Å²) in [5.74, 6) is -1.48. The third-order valence-electron chi connectivity index (χ3n) is 7.40. The molecule has 1 aromatic carbocycles. The first-order valence-electron chi connectivity index (χ1n) is 11.9. The molecule has 0 radical (unpaired) electrons. The molecule has 1 heterocycles. The Hall–Kier alpha value is -3.18. The van der Waals surface area contributed by atoms with Crippen molar-refractivity contribution in [3.05, 3.63) is 35.4 Å². The van der Waals surface area contributed by atoms with Gasteiger partial charge in [-0.2, -0.15) is 5.26 Å². The Morgan fingerprint density at radius 2 is 1.97 bits per heavy atom. The Labute approximate surface area is 199 Å². The second kappa shape index (κ2) is 9.22. The van der Waals surface area contributed by atoms with Gasteiger partial charge in [0.1, 0.15) is 6.04 Å². The SMILES string of the molecule is CC1(C)CC=C(c2cc(C3(O)CCC(C(=O)O)CC3)ccc2NC(=O)C2=NCC(C#N)N2)CC1. The average Bonchev–Trinajstić information content (AvgIpc) is 3.29. The smallest absolute Gasteiger partial charge is 0.306 e. The number of anilines is 1. The van der Waals surface area contributed by atoms with Crippen molar-refractivity contribution < 1.29 is 19.8 Å². The second-order valence-electron chi connectivity index (χ2n) is 10.5. The van der Waals surface area contributed by atoms with Crippen LogP contribution < -0.4 is 10.6 Å². The van der Waals surface area contributed by atoms with Crippen LogP contribution in [0.5, 0.6) is 0 Å². The lowest BCUT2D eigenvalue weighted by atomic mass is 9.73. The van der Waals surface area contributed by atoms with Crippen LogP contribution in [0.4, 0.5) is 5.69 Å². The topological polar surface area (TPSA) is 135 Å². The van der Waals surface area contributed by atoms with Crippen LogP contribution in [0.3, 0.4) is 0 Å². The summed E-state index contributed by atoms with van der Waals surface area (Å²) in [5, 5.41) is 35.5. The maximum atomic E-state index is 12.8. The number of nitriles is 1. The molecule has 1 saturated carbocycles. The predicted octanol–water partition coefficient (Wildman–Crippen LogP) is 3.57. The van der Waals surface area contributed by atoms with E-state index >= 15 is 0 Å². The largest absolute Gasteiger partial charge is 0.481 e. The third kappa shape index (κ3) is 5.00. The maximum absolute atomic E-state index is 12.8. The van der Waals surface area contributed by atoms with Gasteiger partial charge in [0.05, 0.1) is 24.1 Å². The molecule has 8 heteroatoms. The van der Waals surface area contributed by atoms with Crippen molar-refractivity contribution in [2.24, 2.45) is 16.3 Å². The van der Waals surface area contributed by atoms with Crippen molar-refractivity contribution >= 4 is 29.0 Å². The highest BCUT2D eigenvalue weighted by molar-refractivity contribution is 6.42. The van der Waals surface area contributed by atoms with Gasteiger partial charge in [0.2, 0.25) is 0 Å². The molecule has 180 valence electrons. The first kappa shape index (κ1) is 24.0. The molecule has 0 saturated heterocycles. The van der Waals surface area contributed by atoms with E-state index in [2.05, 4.69) is 41.6 Å². The predicted molar refractivity (Wildman–Crippen MR) is 129 cm³/mol. The minimum atomic E-state index is -1.09. The summed E-state index contributed by atoms with van der Waals surface area (Å²) < 4.78 is 0. The number of hydrogen-bond donors (Lipinski definition) is 4. The molecule has 34 heavy (non-hydrogen) atoms. The van der Waals surface area contributed by atoms with Gasteiger partial charge in [-0.05, 0) is 73.6 Å². The number of benzene rings is 1. The van der Waals surface area contributed by atoms with Crippen LogP contribution in [0.1, 0.15) is 69.9 Å². The van der Waals surface area contributed by atoms with Crippen molar-refractivity contribution in [1.82, 2.24) is 5.32 Å². The quantitative estimate of drug-likeness (QED) is 0.526. The highest BCUT2D eigenvalue weighted by Gasteiger charge is 2.38. The van der Waals surface area contributed by atoms with Crippen molar-refractivity contribution in [3.8, 4) is 6.07 Å². The van der Waals surface area contributed by atoms with Crippen molar-refractivity contribution in [2.45, 2.75) is 70.4 Å². The van der Waals surface area contributed by atoms with Gasteiger partial charge in [-0.1, -0.05) is 26.0 Å². The molecule has 4 N–H and O–H groups in total. The number of rotatable bonds is 5. The van der Waals surface area contributed by atoms with Crippen LogP contribution in [0.15, 0.2) is 29.3 Å². The van der Waals surface area contributed by atoms with E-state index in [1.807, 2.05) is 18.2 Å². The number of carbonyl (C=O) groups is 2. The Kier molecular flexibility index (Phi) is 6.50. The zero-order valence-electron chi connectivity index (χ0n) is 19.7. The van der Waals surface area contributed by atoms with Gasteiger partial charge < -0.3 is 20.8 Å². The Balaban J connectivity index is 1.63. The van der Waals surface area contributed by atoms with Crippen molar-refractivity contribution in [1.29, 1.82) is 5.26 Å². The van der Waals surface area contributed by atoms with E-state index in [0.717, 1.165) is 36.0 Å². The average molecular weight is 465 g/mol. The molecule has 3 aliphatic rings. The van der Waals surface area contributed by atoms with Crippen LogP contribution in [-0.2, 0) is 15.2 Å². The molecular formula is C26H32N4O4. The fourth-order valence-electron chi connectivity index (χ4n) is 4.99. The fourth-order valence-corrected chi connectivity index (χ4v) is 4.99. The van der Waals surface area contributed by atoms with E-state index in [4.69, 9.17) is 5.26 Å². The molecule has 1 aliphatic heterocycles. The van der Waals surface area contributed by atoms with Gasteiger partial charge in [0.15, 0.2) is 5.84 Å². The first-order chi connectivity index (χ1) is 16.1. The molecule has 4 rings (SSSR count). The summed E-state index contributed by atoms with van der Waals surface area (Å²) >= 11 is 0. The van der Waals surface area contributed by atoms with Crippen molar-refractivity contribution in [3.63, 3.8) is 0 Å². The summed E-state index contributed by atoms with van der Waals surface area (Å²) in [6, 6.07) is 7.13. The standard InChI is InChI=1S/C26H32N4O4/c1-25(2)9-5-16(6-10-25)20-13-18(26(34)11-7-17(8-12-26)24(32)33)3-4-21(20)30-23(31)22-28-15-19(14-27)29-22/h3-5,13,17,19,34H,6-12,15H2,1-2H3,(H,28,29)(H,30,31)(H,32,33). The molecule has 0 bridgehead atoms. The lowest BCUT2D eigenvalue weighted by Gasteiger charge is -2.36. The van der Waals surface area contributed by atoms with Gasteiger partial charge in [-0.15, -0.1) is 0 Å². The molecule has 1 unspecified atom stereocenters. The summed E-state index contributed by atoms with van der Waals surface area (Å²) in [6.07, 6.45) is 6.64. The number of nitrogens with zero attached hydrogens (tertiary/aromatic N) is 2. The van der Waals surface area contributed by atoms with Crippen LogP contribution in [-0.4, -0.2) is 40.5 Å². The van der Waals surface area contributed by atoms with Gasteiger partial charge >= 0.3 is 5.97 Å². The van der Waals surface area contributed by atoms with Gasteiger partial charge in [-0.3, -0.25) is 14.6 Å². The number of carbonyl (C=O) groups excluding carboxylic acids is 1. The van der Waals surface area contributed by atoms with Gasteiger partial charge in [-0.25, -0.2) is 0 Å². The summed E-state index contributed by atoms with van der Waals surface area (Å²) in [7, 11) is 0. The molecular weight excluding hydrogens is 432 g/mol. The molecule has 0 spiro atoms. The molecule has 0 aromatic heterocycles. The number of amides is 1. The number of amidine groups is 1. The van der Waals surface area contributed by atoms with Gasteiger partial charge in [0.25, 0.3) is 5.91 Å². The molecule has 8 nitrogen and oxygen atoms in total. The summed E-state index contributed by atoms with van der Waals surface area (Å²) in [4.78, 5) is 28.3. The molecule has 1 fully saturated rings. The van der Waals surface area contributed by atoms with Crippen LogP contribution in [0.2, 0.25) is 0 Å². The number of allylic oxidation sites excluding steroid dienone is 2.